The van der Waals surface area contributed by atoms with Gasteiger partial charge >= 0.3 is 0 Å². The van der Waals surface area contributed by atoms with Gasteiger partial charge in [-0.1, -0.05) is 60.7 Å². The molecule has 0 amide bonds. The van der Waals surface area contributed by atoms with Crippen molar-refractivity contribution in [2.75, 3.05) is 0 Å². The van der Waals surface area contributed by atoms with Gasteiger partial charge in [-0.05, 0) is 11.6 Å². The third-order valence-corrected chi connectivity index (χ3v) is 2.55. The second-order valence-corrected chi connectivity index (χ2v) is 3.77. The zero-order valence-corrected chi connectivity index (χ0v) is 9.67. The minimum absolute atomic E-state index is 0.00641. The molecule has 0 aliphatic heterocycles. The normalized spacial score (nSPS) is 10.4. The lowest BCUT2D eigenvalue weighted by Gasteiger charge is -2.01. The predicted octanol–water partition coefficient (Wildman–Crippen LogP) is 3.04. The van der Waals surface area contributed by atoms with E-state index in [2.05, 4.69) is 0 Å². The van der Waals surface area contributed by atoms with E-state index in [0.717, 1.165) is 5.56 Å². The number of carbonyl (C=O) groups is 1. The second-order valence-electron chi connectivity index (χ2n) is 3.77. The van der Waals surface area contributed by atoms with Crippen LogP contribution in [-0.2, 0) is 4.79 Å². The summed E-state index contributed by atoms with van der Waals surface area (Å²) >= 11 is 0. The molecule has 18 heavy (non-hydrogen) atoms. The highest BCUT2D eigenvalue weighted by Crippen LogP contribution is 2.11. The van der Waals surface area contributed by atoms with Crippen molar-refractivity contribution in [1.82, 2.24) is 0 Å². The molecular weight excluding hydrogens is 224 g/mol. The molecule has 2 aromatic carbocycles. The quantitative estimate of drug-likeness (QED) is 0.603. The SMILES string of the molecule is O=[C]C=Cc1ccc(C(=O)c2ccccc2)cc1. The fourth-order valence-corrected chi connectivity index (χ4v) is 1.63. The van der Waals surface area contributed by atoms with Crippen LogP contribution in [0.15, 0.2) is 60.7 Å². The highest BCUT2D eigenvalue weighted by atomic mass is 16.1. The highest BCUT2D eigenvalue weighted by molar-refractivity contribution is 6.09. The van der Waals surface area contributed by atoms with E-state index in [9.17, 15) is 9.59 Å². The minimum Gasteiger partial charge on any atom is -0.289 e. The van der Waals surface area contributed by atoms with E-state index in [4.69, 9.17) is 0 Å². The highest BCUT2D eigenvalue weighted by Gasteiger charge is 2.07. The summed E-state index contributed by atoms with van der Waals surface area (Å²) < 4.78 is 0. The van der Waals surface area contributed by atoms with E-state index < -0.39 is 0 Å². The summed E-state index contributed by atoms with van der Waals surface area (Å²) in [6.45, 7) is 0. The molecule has 0 spiro atoms. The molecule has 0 bridgehead atoms. The maximum absolute atomic E-state index is 12.1. The van der Waals surface area contributed by atoms with Gasteiger partial charge < -0.3 is 0 Å². The van der Waals surface area contributed by atoms with Crippen LogP contribution in [0.4, 0.5) is 0 Å². The number of hydrogen-bond acceptors (Lipinski definition) is 2. The second kappa shape index (κ2) is 5.73. The monoisotopic (exact) mass is 235 g/mol. The molecule has 1 radical (unpaired) electrons. The van der Waals surface area contributed by atoms with Gasteiger partial charge in [-0.25, -0.2) is 0 Å². The fraction of sp³-hybridized carbons (Fsp3) is 0. The lowest BCUT2D eigenvalue weighted by molar-refractivity contribution is 0.103. The van der Waals surface area contributed by atoms with Crippen molar-refractivity contribution in [1.29, 1.82) is 0 Å². The van der Waals surface area contributed by atoms with Crippen LogP contribution >= 0.6 is 0 Å². The van der Waals surface area contributed by atoms with Crippen molar-refractivity contribution < 1.29 is 9.59 Å². The Balaban J connectivity index is 2.22. The Hall–Kier alpha value is -2.48. The molecule has 87 valence electrons. The molecule has 0 N–H and O–H groups in total. The van der Waals surface area contributed by atoms with E-state index in [0.29, 0.717) is 11.1 Å². The molecule has 0 heterocycles. The zero-order chi connectivity index (χ0) is 12.8. The molecular formula is C16H11O2. The van der Waals surface area contributed by atoms with Crippen molar-refractivity contribution in [3.05, 3.63) is 77.4 Å². The van der Waals surface area contributed by atoms with Crippen LogP contribution in [0, 0.1) is 0 Å². The first kappa shape index (κ1) is 12.0. The molecule has 2 rings (SSSR count). The molecule has 2 aromatic rings. The zero-order valence-electron chi connectivity index (χ0n) is 9.67. The summed E-state index contributed by atoms with van der Waals surface area (Å²) in [6, 6.07) is 16.2. The molecule has 0 atom stereocenters. The Morgan fingerprint density at radius 3 is 2.11 bits per heavy atom. The third-order valence-electron chi connectivity index (χ3n) is 2.55. The van der Waals surface area contributed by atoms with Crippen molar-refractivity contribution in [3.63, 3.8) is 0 Å². The summed E-state index contributed by atoms with van der Waals surface area (Å²) in [7, 11) is 0. The van der Waals surface area contributed by atoms with E-state index in [-0.39, 0.29) is 5.78 Å². The number of benzene rings is 2. The van der Waals surface area contributed by atoms with Gasteiger partial charge in [0.1, 0.15) is 0 Å². The average molecular weight is 235 g/mol. The van der Waals surface area contributed by atoms with E-state index in [1.807, 2.05) is 18.2 Å². The van der Waals surface area contributed by atoms with Gasteiger partial charge in [0.2, 0.25) is 6.29 Å². The van der Waals surface area contributed by atoms with Crippen LogP contribution < -0.4 is 0 Å². The van der Waals surface area contributed by atoms with Gasteiger partial charge in [-0.15, -0.1) is 0 Å². The first-order chi connectivity index (χ1) is 8.81. The smallest absolute Gasteiger partial charge is 0.225 e. The molecule has 0 unspecified atom stereocenters. The van der Waals surface area contributed by atoms with Gasteiger partial charge in [-0.2, -0.15) is 0 Å². The van der Waals surface area contributed by atoms with Crippen LogP contribution in [0.1, 0.15) is 21.5 Å². The number of ketones is 1. The number of allylic oxidation sites excluding steroid dienone is 1. The molecule has 2 heteroatoms. The summed E-state index contributed by atoms with van der Waals surface area (Å²) in [4.78, 5) is 22.2. The number of rotatable bonds is 4. The van der Waals surface area contributed by atoms with Gasteiger partial charge in [0.05, 0.1) is 0 Å². The fourth-order valence-electron chi connectivity index (χ4n) is 1.63. The lowest BCUT2D eigenvalue weighted by Crippen LogP contribution is -2.00. The standard InChI is InChI=1S/C16H11O2/c17-12-4-5-13-8-10-15(11-9-13)16(18)14-6-2-1-3-7-14/h1-11H. The van der Waals surface area contributed by atoms with Crippen LogP contribution in [0.5, 0.6) is 0 Å². The van der Waals surface area contributed by atoms with Crippen LogP contribution in [0.25, 0.3) is 6.08 Å². The molecule has 0 fully saturated rings. The number of hydrogen-bond donors (Lipinski definition) is 0. The lowest BCUT2D eigenvalue weighted by atomic mass is 10.0. The molecule has 0 aliphatic carbocycles. The van der Waals surface area contributed by atoms with E-state index in [1.54, 1.807) is 48.8 Å². The molecule has 0 saturated carbocycles. The number of carbonyl (C=O) groups excluding carboxylic acids is 2. The molecule has 0 aliphatic rings. The predicted molar refractivity (Wildman–Crippen MR) is 71.0 cm³/mol. The molecule has 0 aromatic heterocycles. The van der Waals surface area contributed by atoms with Crippen LogP contribution in [-0.4, -0.2) is 12.1 Å². The topological polar surface area (TPSA) is 34.1 Å². The maximum Gasteiger partial charge on any atom is 0.225 e. The molecule has 0 saturated heterocycles. The minimum atomic E-state index is -0.00641. The van der Waals surface area contributed by atoms with Gasteiger partial charge in [0, 0.05) is 11.1 Å². The maximum atomic E-state index is 12.1. The van der Waals surface area contributed by atoms with Crippen molar-refractivity contribution in [3.8, 4) is 0 Å². The van der Waals surface area contributed by atoms with Crippen molar-refractivity contribution >= 4 is 18.1 Å². The first-order valence-corrected chi connectivity index (χ1v) is 5.55. The van der Waals surface area contributed by atoms with E-state index >= 15 is 0 Å². The Morgan fingerprint density at radius 2 is 1.50 bits per heavy atom. The third kappa shape index (κ3) is 2.80. The van der Waals surface area contributed by atoms with Crippen LogP contribution in [0.2, 0.25) is 0 Å². The van der Waals surface area contributed by atoms with Crippen molar-refractivity contribution in [2.24, 2.45) is 0 Å². The molecule has 2 nitrogen and oxygen atoms in total. The van der Waals surface area contributed by atoms with Crippen molar-refractivity contribution in [2.45, 2.75) is 0 Å². The summed E-state index contributed by atoms with van der Waals surface area (Å²) in [5, 5.41) is 0. The first-order valence-electron chi connectivity index (χ1n) is 5.55. The average Bonchev–Trinajstić information content (AvgIpc) is 2.46. The summed E-state index contributed by atoms with van der Waals surface area (Å²) in [5.74, 6) is -0.00641. The van der Waals surface area contributed by atoms with Gasteiger partial charge in [0.25, 0.3) is 0 Å². The van der Waals surface area contributed by atoms with Gasteiger partial charge in [0.15, 0.2) is 5.78 Å². The van der Waals surface area contributed by atoms with E-state index in [1.165, 1.54) is 6.08 Å². The van der Waals surface area contributed by atoms with Gasteiger partial charge in [-0.3, -0.25) is 9.59 Å². The summed E-state index contributed by atoms with van der Waals surface area (Å²) in [6.07, 6.45) is 4.62. The Bertz CT molecular complexity index is 566. The van der Waals surface area contributed by atoms with Crippen LogP contribution in [0.3, 0.4) is 0 Å². The Labute approximate surface area is 106 Å². The largest absolute Gasteiger partial charge is 0.289 e. The Morgan fingerprint density at radius 1 is 0.889 bits per heavy atom. The summed E-state index contributed by atoms with van der Waals surface area (Å²) in [5.41, 5.74) is 2.17. The Kier molecular flexibility index (Phi) is 3.82.